The van der Waals surface area contributed by atoms with Crippen molar-refractivity contribution in [1.29, 1.82) is 0 Å². The zero-order valence-corrected chi connectivity index (χ0v) is 26.8. The van der Waals surface area contributed by atoms with E-state index in [9.17, 15) is 13.9 Å². The summed E-state index contributed by atoms with van der Waals surface area (Å²) in [5, 5.41) is -0.644. The van der Waals surface area contributed by atoms with Gasteiger partial charge in [0.05, 0.1) is 35.7 Å². The van der Waals surface area contributed by atoms with Crippen molar-refractivity contribution in [3.8, 4) is 10.6 Å². The van der Waals surface area contributed by atoms with E-state index >= 15 is 4.39 Å². The summed E-state index contributed by atoms with van der Waals surface area (Å²) in [5.74, 6) is -1.40. The average Bonchev–Trinajstić information content (AvgIpc) is 3.53. The van der Waals surface area contributed by atoms with Crippen LogP contribution in [0.2, 0.25) is 0 Å². The Balaban J connectivity index is 1.36. The fourth-order valence-corrected chi connectivity index (χ4v) is 12.0. The number of carbonyl (C=O) groups is 1. The lowest BCUT2D eigenvalue weighted by atomic mass is 10.1. The van der Waals surface area contributed by atoms with Crippen molar-refractivity contribution < 1.29 is 36.4 Å². The Kier molecular flexibility index (Phi) is 8.90. The normalized spacial score (nSPS) is 30.0. The van der Waals surface area contributed by atoms with E-state index in [1.54, 1.807) is 58.5 Å². The number of aryl methyl sites for hydroxylation is 1. The van der Waals surface area contributed by atoms with Crippen molar-refractivity contribution >= 4 is 32.4 Å². The number of rotatable bonds is 8. The van der Waals surface area contributed by atoms with Gasteiger partial charge >= 0.3 is 15.2 Å². The van der Waals surface area contributed by atoms with Crippen LogP contribution in [0.25, 0.3) is 10.6 Å². The molecule has 3 aromatic rings. The molecule has 2 aliphatic rings. The van der Waals surface area contributed by atoms with E-state index in [0.29, 0.717) is 13.0 Å². The van der Waals surface area contributed by atoms with Crippen molar-refractivity contribution in [2.24, 2.45) is 0 Å². The van der Waals surface area contributed by atoms with E-state index in [1.165, 1.54) is 17.0 Å². The first kappa shape index (κ1) is 31.1. The SMILES string of the molecule is Cc1sc(-c2ccncc2)nc1CCN(C)C(=O)c1ccc(C(P2(=O)OC(C)C(C)O2)P2(=O)OC(C)C(C)O2)cc1F. The van der Waals surface area contributed by atoms with Crippen LogP contribution in [0.4, 0.5) is 4.39 Å². The number of carbonyl (C=O) groups excluding carboxylic acids is 1. The van der Waals surface area contributed by atoms with Gasteiger partial charge in [-0.25, -0.2) is 9.37 Å². The minimum atomic E-state index is -4.11. The Labute approximate surface area is 248 Å². The molecule has 0 N–H and O–H groups in total. The number of hydrogen-bond acceptors (Lipinski definition) is 10. The van der Waals surface area contributed by atoms with E-state index in [0.717, 1.165) is 27.2 Å². The first-order valence-corrected chi connectivity index (χ1v) is 17.7. The summed E-state index contributed by atoms with van der Waals surface area (Å²) in [6, 6.07) is 7.51. The van der Waals surface area contributed by atoms with Crippen LogP contribution >= 0.6 is 26.5 Å². The first-order valence-electron chi connectivity index (χ1n) is 13.7. The Bertz CT molecular complexity index is 1510. The molecule has 2 aliphatic heterocycles. The van der Waals surface area contributed by atoms with Crippen LogP contribution < -0.4 is 0 Å². The molecular formula is C28H34FN3O7P2S. The molecule has 2 saturated heterocycles. The molecule has 0 bridgehead atoms. The summed E-state index contributed by atoms with van der Waals surface area (Å²) in [4.78, 5) is 24.5. The van der Waals surface area contributed by atoms with Gasteiger partial charge in [-0.3, -0.25) is 18.9 Å². The van der Waals surface area contributed by atoms with Crippen LogP contribution in [0.3, 0.4) is 0 Å². The van der Waals surface area contributed by atoms with Gasteiger partial charge < -0.3 is 23.0 Å². The fraction of sp³-hybridized carbons (Fsp3) is 0.464. The van der Waals surface area contributed by atoms with Gasteiger partial charge in [-0.1, -0.05) is 6.07 Å². The minimum absolute atomic E-state index is 0.0442. The quantitative estimate of drug-likeness (QED) is 0.241. The molecule has 4 unspecified atom stereocenters. The number of likely N-dealkylation sites (N-methyl/N-ethyl adjacent to an activating group) is 1. The Morgan fingerprint density at radius 2 is 1.52 bits per heavy atom. The number of thiazole rings is 1. The number of nitrogens with zero attached hydrogens (tertiary/aromatic N) is 3. The number of amides is 1. The Morgan fingerprint density at radius 1 is 0.976 bits per heavy atom. The lowest BCUT2D eigenvalue weighted by molar-refractivity contribution is 0.0791. The molecule has 10 nitrogen and oxygen atoms in total. The van der Waals surface area contributed by atoms with Gasteiger partial charge in [0, 0.05) is 42.8 Å². The number of halogens is 1. The molecule has 1 amide bonds. The summed E-state index contributed by atoms with van der Waals surface area (Å²) in [6.07, 6.45) is 1.70. The first-order chi connectivity index (χ1) is 19.8. The molecule has 0 saturated carbocycles. The van der Waals surface area contributed by atoms with Gasteiger partial charge in [0.1, 0.15) is 10.8 Å². The topological polar surface area (TPSA) is 117 Å². The van der Waals surface area contributed by atoms with Crippen molar-refractivity contribution in [3.05, 3.63) is 70.2 Å². The third kappa shape index (κ3) is 6.04. The summed E-state index contributed by atoms with van der Waals surface area (Å²) < 4.78 is 66.2. The highest BCUT2D eigenvalue weighted by atomic mass is 32.1. The second-order valence-corrected chi connectivity index (χ2v) is 16.3. The number of benzene rings is 1. The van der Waals surface area contributed by atoms with Crippen molar-refractivity contribution in [1.82, 2.24) is 14.9 Å². The molecule has 2 aromatic heterocycles. The predicted molar refractivity (Wildman–Crippen MR) is 157 cm³/mol. The molecule has 14 heteroatoms. The smallest absolute Gasteiger partial charge is 0.341 e. The van der Waals surface area contributed by atoms with Gasteiger partial charge in [0.25, 0.3) is 5.91 Å². The average molecular weight is 638 g/mol. The molecule has 1 aromatic carbocycles. The van der Waals surface area contributed by atoms with E-state index < -0.39 is 56.7 Å². The second-order valence-electron chi connectivity index (χ2n) is 10.7. The maximum absolute atomic E-state index is 15.6. The van der Waals surface area contributed by atoms with Gasteiger partial charge in [0.2, 0.25) is 0 Å². The van der Waals surface area contributed by atoms with E-state index in [4.69, 9.17) is 23.1 Å². The van der Waals surface area contributed by atoms with E-state index in [1.807, 2.05) is 19.1 Å². The molecule has 5 rings (SSSR count). The molecule has 0 radical (unpaired) electrons. The summed E-state index contributed by atoms with van der Waals surface area (Å²) in [6.45, 7) is 9.02. The molecule has 4 heterocycles. The standard InChI is InChI=1S/C28H34FN3O7P2S/c1-16-17(2)37-40(34,36-16)28(41(35)38-18(3)19(4)39-41)22-7-8-23(24(29)15-22)27(33)32(6)14-11-25-20(5)42-26(31-25)21-9-12-30-13-10-21/h7-10,12-13,15-19,28H,11,14H2,1-6H3. The Hall–Kier alpha value is -2.30. The minimum Gasteiger partial charge on any atom is -0.341 e. The fourth-order valence-electron chi connectivity index (χ4n) is 4.81. The van der Waals surface area contributed by atoms with Gasteiger partial charge in [-0.15, -0.1) is 11.3 Å². The van der Waals surface area contributed by atoms with Crippen molar-refractivity contribution in [3.63, 3.8) is 0 Å². The number of pyridine rings is 1. The number of aromatic nitrogens is 2. The largest absolute Gasteiger partial charge is 0.350 e. The van der Waals surface area contributed by atoms with Crippen LogP contribution in [0.15, 0.2) is 42.7 Å². The molecule has 0 spiro atoms. The summed E-state index contributed by atoms with van der Waals surface area (Å²) in [7, 11) is -6.64. The highest BCUT2D eigenvalue weighted by Gasteiger charge is 2.60. The predicted octanol–water partition coefficient (Wildman–Crippen LogP) is 7.00. The lowest BCUT2D eigenvalue weighted by Crippen LogP contribution is -2.29. The molecule has 2 fully saturated rings. The van der Waals surface area contributed by atoms with Gasteiger partial charge in [0.15, 0.2) is 5.40 Å². The zero-order chi connectivity index (χ0) is 30.4. The van der Waals surface area contributed by atoms with Crippen molar-refractivity contribution in [2.45, 2.75) is 70.9 Å². The molecule has 42 heavy (non-hydrogen) atoms. The highest BCUT2D eigenvalue weighted by molar-refractivity contribution is 7.72. The van der Waals surface area contributed by atoms with Gasteiger partial charge in [-0.2, -0.15) is 0 Å². The van der Waals surface area contributed by atoms with Crippen LogP contribution in [0.1, 0.15) is 59.6 Å². The summed E-state index contributed by atoms with van der Waals surface area (Å²) in [5.41, 5.74) is 1.69. The molecular weight excluding hydrogens is 603 g/mol. The zero-order valence-electron chi connectivity index (χ0n) is 24.2. The lowest BCUT2D eigenvalue weighted by Gasteiger charge is -2.27. The van der Waals surface area contributed by atoms with E-state index in [2.05, 4.69) is 4.98 Å². The number of hydrogen-bond donors (Lipinski definition) is 0. The van der Waals surface area contributed by atoms with Crippen LogP contribution in [-0.2, 0) is 33.6 Å². The van der Waals surface area contributed by atoms with Gasteiger partial charge in [-0.05, 0) is 64.4 Å². The van der Waals surface area contributed by atoms with Crippen LogP contribution in [0.5, 0.6) is 0 Å². The summed E-state index contributed by atoms with van der Waals surface area (Å²) >= 11 is 1.56. The molecule has 0 aliphatic carbocycles. The van der Waals surface area contributed by atoms with E-state index in [-0.39, 0.29) is 11.1 Å². The highest BCUT2D eigenvalue weighted by Crippen LogP contribution is 2.82. The monoisotopic (exact) mass is 637 g/mol. The molecule has 226 valence electrons. The second kappa shape index (κ2) is 12.0. The third-order valence-electron chi connectivity index (χ3n) is 7.55. The molecule has 4 atom stereocenters. The maximum Gasteiger partial charge on any atom is 0.350 e. The van der Waals surface area contributed by atoms with Crippen molar-refractivity contribution in [2.75, 3.05) is 13.6 Å². The maximum atomic E-state index is 15.6. The van der Waals surface area contributed by atoms with Crippen LogP contribution in [0, 0.1) is 12.7 Å². The Morgan fingerprint density at radius 3 is 2.05 bits per heavy atom. The third-order valence-corrected chi connectivity index (χ3v) is 14.6. The van der Waals surface area contributed by atoms with Crippen LogP contribution in [-0.4, -0.2) is 58.8 Å².